The molecule has 1 atom stereocenters. The molecule has 2 aliphatic rings. The van der Waals surface area contributed by atoms with Crippen molar-refractivity contribution in [3.05, 3.63) is 0 Å². The topological polar surface area (TPSA) is 70.1 Å². The van der Waals surface area contributed by atoms with Gasteiger partial charge in [-0.1, -0.05) is 0 Å². The zero-order valence-corrected chi connectivity index (χ0v) is 12.2. The molecule has 0 aromatic rings. The first-order valence-electron chi connectivity index (χ1n) is 7.25. The zero-order valence-electron chi connectivity index (χ0n) is 12.2. The molecule has 0 unspecified atom stereocenters. The maximum atomic E-state index is 12.1. The predicted octanol–water partition coefficient (Wildman–Crippen LogP) is 0.766. The van der Waals surface area contributed by atoms with Crippen LogP contribution in [0.2, 0.25) is 0 Å². The molecule has 0 radical (unpaired) electrons. The molecule has 0 bridgehead atoms. The van der Waals surface area contributed by atoms with Crippen LogP contribution >= 0.6 is 0 Å². The molecule has 1 saturated carbocycles. The average Bonchev–Trinajstić information content (AvgIpc) is 2.43. The lowest BCUT2D eigenvalue weighted by atomic mass is 9.87. The number of amides is 1. The molecule has 1 N–H and O–H groups in total. The van der Waals surface area contributed by atoms with Crippen LogP contribution < -0.4 is 0 Å². The Hall–Kier alpha value is -1.14. The van der Waals surface area contributed by atoms with Crippen molar-refractivity contribution in [2.45, 2.75) is 44.2 Å². The fourth-order valence-corrected chi connectivity index (χ4v) is 3.19. The second-order valence-electron chi connectivity index (χ2n) is 5.95. The van der Waals surface area contributed by atoms with Crippen molar-refractivity contribution in [2.24, 2.45) is 5.92 Å². The molecule has 0 aromatic carbocycles. The fourth-order valence-electron chi connectivity index (χ4n) is 3.19. The van der Waals surface area contributed by atoms with Gasteiger partial charge in [0.15, 0.2) is 0 Å². The standard InChI is InChI=1S/C14H24N2O4/c1-15-9-16(13(17)7-12(15)14(18)19)8-10-3-5-11(20-2)6-4-10/h10-12H,3-9H2,1-2H3,(H,18,19)/t10?,11?,12-/m1/s1. The van der Waals surface area contributed by atoms with Gasteiger partial charge in [0.2, 0.25) is 5.91 Å². The summed E-state index contributed by atoms with van der Waals surface area (Å²) in [5, 5.41) is 9.06. The second-order valence-corrected chi connectivity index (χ2v) is 5.95. The number of likely N-dealkylation sites (N-methyl/N-ethyl adjacent to an activating group) is 1. The monoisotopic (exact) mass is 284 g/mol. The van der Waals surface area contributed by atoms with Gasteiger partial charge in [0.1, 0.15) is 6.04 Å². The van der Waals surface area contributed by atoms with Gasteiger partial charge in [-0.25, -0.2) is 0 Å². The van der Waals surface area contributed by atoms with Gasteiger partial charge in [0.25, 0.3) is 0 Å². The first-order chi connectivity index (χ1) is 9.51. The van der Waals surface area contributed by atoms with Gasteiger partial charge in [-0.3, -0.25) is 14.5 Å². The molecule has 20 heavy (non-hydrogen) atoms. The molecule has 2 rings (SSSR count). The summed E-state index contributed by atoms with van der Waals surface area (Å²) in [5.41, 5.74) is 0. The van der Waals surface area contributed by atoms with Crippen LogP contribution in [0.5, 0.6) is 0 Å². The van der Waals surface area contributed by atoms with Crippen molar-refractivity contribution in [1.82, 2.24) is 9.80 Å². The van der Waals surface area contributed by atoms with Crippen molar-refractivity contribution in [3.8, 4) is 0 Å². The highest BCUT2D eigenvalue weighted by molar-refractivity contribution is 5.85. The van der Waals surface area contributed by atoms with Crippen molar-refractivity contribution in [1.29, 1.82) is 0 Å². The van der Waals surface area contributed by atoms with Crippen LogP contribution in [-0.2, 0) is 14.3 Å². The number of hydrogen-bond acceptors (Lipinski definition) is 4. The molecule has 1 amide bonds. The highest BCUT2D eigenvalue weighted by Crippen LogP contribution is 2.27. The Labute approximate surface area is 119 Å². The zero-order chi connectivity index (χ0) is 14.7. The molecule has 1 heterocycles. The lowest BCUT2D eigenvalue weighted by Crippen LogP contribution is -2.55. The summed E-state index contributed by atoms with van der Waals surface area (Å²) < 4.78 is 5.35. The predicted molar refractivity (Wildman–Crippen MR) is 73.1 cm³/mol. The number of hydrogen-bond donors (Lipinski definition) is 1. The Morgan fingerprint density at radius 1 is 1.35 bits per heavy atom. The molecule has 6 heteroatoms. The summed E-state index contributed by atoms with van der Waals surface area (Å²) in [4.78, 5) is 26.7. The van der Waals surface area contributed by atoms with E-state index in [1.807, 2.05) is 0 Å². The average molecular weight is 284 g/mol. The lowest BCUT2D eigenvalue weighted by molar-refractivity contribution is -0.155. The third kappa shape index (κ3) is 3.49. The van der Waals surface area contributed by atoms with E-state index in [0.29, 0.717) is 18.7 Å². The molecule has 0 spiro atoms. The molecular formula is C14H24N2O4. The number of nitrogens with zero attached hydrogens (tertiary/aromatic N) is 2. The summed E-state index contributed by atoms with van der Waals surface area (Å²) in [5.74, 6) is -0.439. The number of carboxylic acids is 1. The summed E-state index contributed by atoms with van der Waals surface area (Å²) in [6, 6.07) is -0.678. The van der Waals surface area contributed by atoms with Gasteiger partial charge in [0, 0.05) is 13.7 Å². The van der Waals surface area contributed by atoms with Crippen LogP contribution in [-0.4, -0.2) is 66.3 Å². The summed E-state index contributed by atoms with van der Waals surface area (Å²) in [6.45, 7) is 1.16. The number of carbonyl (C=O) groups is 2. The molecule has 2 fully saturated rings. The van der Waals surface area contributed by atoms with Crippen molar-refractivity contribution in [2.75, 3.05) is 27.4 Å². The van der Waals surface area contributed by atoms with Crippen molar-refractivity contribution < 1.29 is 19.4 Å². The van der Waals surface area contributed by atoms with Crippen LogP contribution in [0, 0.1) is 5.92 Å². The number of ether oxygens (including phenoxy) is 1. The summed E-state index contributed by atoms with van der Waals surface area (Å²) in [7, 11) is 3.51. The van der Waals surface area contributed by atoms with E-state index in [-0.39, 0.29) is 12.3 Å². The Kier molecular flexibility index (Phi) is 4.99. The van der Waals surface area contributed by atoms with Crippen molar-refractivity contribution in [3.63, 3.8) is 0 Å². The minimum Gasteiger partial charge on any atom is -0.480 e. The first kappa shape index (κ1) is 15.3. The molecule has 114 valence electrons. The van der Waals surface area contributed by atoms with Crippen molar-refractivity contribution >= 4 is 11.9 Å². The van der Waals surface area contributed by atoms with E-state index in [4.69, 9.17) is 9.84 Å². The van der Waals surface area contributed by atoms with Crippen LogP contribution in [0.3, 0.4) is 0 Å². The van der Waals surface area contributed by atoms with Crippen LogP contribution in [0.25, 0.3) is 0 Å². The summed E-state index contributed by atoms with van der Waals surface area (Å²) >= 11 is 0. The second kappa shape index (κ2) is 6.54. The number of rotatable bonds is 4. The van der Waals surface area contributed by atoms with E-state index in [1.165, 1.54) is 0 Å². The van der Waals surface area contributed by atoms with Gasteiger partial charge in [0.05, 0.1) is 19.2 Å². The van der Waals surface area contributed by atoms with Crippen LogP contribution in [0.15, 0.2) is 0 Å². The number of carboxylic acid groups (broad SMARTS) is 1. The smallest absolute Gasteiger partial charge is 0.321 e. The van der Waals surface area contributed by atoms with Gasteiger partial charge >= 0.3 is 5.97 Å². The van der Waals surface area contributed by atoms with Gasteiger partial charge in [-0.15, -0.1) is 0 Å². The minimum absolute atomic E-state index is 0.0376. The Morgan fingerprint density at radius 3 is 2.55 bits per heavy atom. The van der Waals surface area contributed by atoms with E-state index >= 15 is 0 Å². The fraction of sp³-hybridized carbons (Fsp3) is 0.857. The Balaban J connectivity index is 1.85. The van der Waals surface area contributed by atoms with Crippen LogP contribution in [0.1, 0.15) is 32.1 Å². The third-order valence-corrected chi connectivity index (χ3v) is 4.54. The highest BCUT2D eigenvalue weighted by atomic mass is 16.5. The van der Waals surface area contributed by atoms with E-state index in [0.717, 1.165) is 32.2 Å². The minimum atomic E-state index is -0.916. The molecule has 1 saturated heterocycles. The lowest BCUT2D eigenvalue weighted by Gasteiger charge is -2.39. The molecule has 6 nitrogen and oxygen atoms in total. The van der Waals surface area contributed by atoms with E-state index in [1.54, 1.807) is 24.0 Å². The molecule has 1 aliphatic carbocycles. The number of methoxy groups -OCH3 is 1. The largest absolute Gasteiger partial charge is 0.480 e. The summed E-state index contributed by atoms with van der Waals surface area (Å²) in [6.07, 6.45) is 4.71. The van der Waals surface area contributed by atoms with Gasteiger partial charge < -0.3 is 14.7 Å². The van der Waals surface area contributed by atoms with Gasteiger partial charge in [-0.2, -0.15) is 0 Å². The Bertz CT molecular complexity index is 366. The number of carbonyl (C=O) groups excluding carboxylic acids is 1. The third-order valence-electron chi connectivity index (χ3n) is 4.54. The first-order valence-corrected chi connectivity index (χ1v) is 7.25. The normalized spacial score (nSPS) is 32.4. The Morgan fingerprint density at radius 2 is 2.00 bits per heavy atom. The maximum absolute atomic E-state index is 12.1. The molecular weight excluding hydrogens is 260 g/mol. The molecule has 1 aliphatic heterocycles. The van der Waals surface area contributed by atoms with E-state index in [9.17, 15) is 9.59 Å². The van der Waals surface area contributed by atoms with E-state index in [2.05, 4.69) is 0 Å². The quantitative estimate of drug-likeness (QED) is 0.825. The SMILES string of the molecule is COC1CCC(CN2CN(C)[C@@H](C(=O)O)CC2=O)CC1. The number of aliphatic carboxylic acids is 1. The molecule has 0 aromatic heterocycles. The maximum Gasteiger partial charge on any atom is 0.321 e. The van der Waals surface area contributed by atoms with E-state index < -0.39 is 12.0 Å². The highest BCUT2D eigenvalue weighted by Gasteiger charge is 2.35. The van der Waals surface area contributed by atoms with Crippen LogP contribution in [0.4, 0.5) is 0 Å². The van der Waals surface area contributed by atoms with Gasteiger partial charge in [-0.05, 0) is 38.6 Å².